The second kappa shape index (κ2) is 9.33. The highest BCUT2D eigenvalue weighted by Gasteiger charge is 2.18. The van der Waals surface area contributed by atoms with Gasteiger partial charge in [-0.2, -0.15) is 0 Å². The molecule has 0 aliphatic heterocycles. The van der Waals surface area contributed by atoms with Crippen molar-refractivity contribution < 1.29 is 14.3 Å². The maximum atomic E-state index is 12.3. The highest BCUT2D eigenvalue weighted by Crippen LogP contribution is 2.24. The van der Waals surface area contributed by atoms with Gasteiger partial charge in [0.15, 0.2) is 6.10 Å². The molecule has 0 spiro atoms. The molecular formula is C20H24ClNO3. The molecule has 25 heavy (non-hydrogen) atoms. The third-order valence-corrected chi connectivity index (χ3v) is 3.95. The summed E-state index contributed by atoms with van der Waals surface area (Å²) < 4.78 is 11.4. The molecule has 4 nitrogen and oxygen atoms in total. The molecule has 0 saturated carbocycles. The van der Waals surface area contributed by atoms with E-state index < -0.39 is 6.10 Å². The molecule has 0 aromatic heterocycles. The highest BCUT2D eigenvalue weighted by atomic mass is 35.5. The number of carbonyl (C=O) groups excluding carboxylic acids is 1. The van der Waals surface area contributed by atoms with Crippen LogP contribution in [0.15, 0.2) is 42.5 Å². The number of ether oxygens (including phenoxy) is 2. The van der Waals surface area contributed by atoms with Gasteiger partial charge in [0.1, 0.15) is 18.1 Å². The summed E-state index contributed by atoms with van der Waals surface area (Å²) in [4.78, 5) is 12.3. The quantitative estimate of drug-likeness (QED) is 0.713. The van der Waals surface area contributed by atoms with Crippen molar-refractivity contribution in [1.82, 2.24) is 5.32 Å². The molecule has 0 heterocycles. The van der Waals surface area contributed by atoms with E-state index in [1.165, 1.54) is 0 Å². The number of aryl methyl sites for hydroxylation is 2. The molecule has 1 amide bonds. The van der Waals surface area contributed by atoms with Crippen LogP contribution < -0.4 is 14.8 Å². The van der Waals surface area contributed by atoms with Crippen LogP contribution in [0.5, 0.6) is 11.5 Å². The van der Waals surface area contributed by atoms with Gasteiger partial charge in [0.2, 0.25) is 0 Å². The largest absolute Gasteiger partial charge is 0.492 e. The Bertz CT molecular complexity index is 698. The van der Waals surface area contributed by atoms with Crippen molar-refractivity contribution in [1.29, 1.82) is 0 Å². The molecule has 0 aliphatic carbocycles. The number of nitrogens with one attached hydrogen (secondary N) is 1. The zero-order valence-electron chi connectivity index (χ0n) is 14.8. The predicted molar refractivity (Wildman–Crippen MR) is 101 cm³/mol. The number of amides is 1. The average Bonchev–Trinajstić information content (AvgIpc) is 2.57. The van der Waals surface area contributed by atoms with E-state index in [9.17, 15) is 4.79 Å². The molecule has 5 heteroatoms. The Morgan fingerprint density at radius 1 is 1.16 bits per heavy atom. The Morgan fingerprint density at radius 3 is 2.48 bits per heavy atom. The van der Waals surface area contributed by atoms with Crippen LogP contribution in [0.1, 0.15) is 24.5 Å². The van der Waals surface area contributed by atoms with Crippen molar-refractivity contribution in [3.8, 4) is 11.5 Å². The molecule has 0 saturated heterocycles. The standard InChI is InChI=1S/C20H24ClNO3/c1-4-18(25-19-8-6-5-7-17(19)21)20(23)22-9-10-24-16-12-14(2)11-15(3)13-16/h5-8,11-13,18H,4,9-10H2,1-3H3,(H,22,23)/t18-/m1/s1. The lowest BCUT2D eigenvalue weighted by Crippen LogP contribution is -2.39. The van der Waals surface area contributed by atoms with Crippen LogP contribution in [-0.2, 0) is 4.79 Å². The van der Waals surface area contributed by atoms with Crippen LogP contribution in [0.4, 0.5) is 0 Å². The van der Waals surface area contributed by atoms with Crippen LogP contribution in [0.25, 0.3) is 0 Å². The molecule has 2 rings (SSSR count). The SMILES string of the molecule is CC[C@@H](Oc1ccccc1Cl)C(=O)NCCOc1cc(C)cc(C)c1. The zero-order chi connectivity index (χ0) is 18.2. The molecule has 134 valence electrons. The smallest absolute Gasteiger partial charge is 0.261 e. The van der Waals surface area contributed by atoms with E-state index in [0.717, 1.165) is 16.9 Å². The van der Waals surface area contributed by atoms with E-state index in [4.69, 9.17) is 21.1 Å². The molecule has 1 N–H and O–H groups in total. The maximum Gasteiger partial charge on any atom is 0.261 e. The van der Waals surface area contributed by atoms with Gasteiger partial charge in [-0.1, -0.05) is 36.7 Å². The topological polar surface area (TPSA) is 47.6 Å². The number of halogens is 1. The Morgan fingerprint density at radius 2 is 1.84 bits per heavy atom. The number of para-hydroxylation sites is 1. The molecule has 0 aliphatic rings. The molecular weight excluding hydrogens is 338 g/mol. The third-order valence-electron chi connectivity index (χ3n) is 3.63. The monoisotopic (exact) mass is 361 g/mol. The summed E-state index contributed by atoms with van der Waals surface area (Å²) in [6, 6.07) is 13.2. The summed E-state index contributed by atoms with van der Waals surface area (Å²) in [5.74, 6) is 1.15. The van der Waals surface area contributed by atoms with Crippen LogP contribution >= 0.6 is 11.6 Å². The minimum absolute atomic E-state index is 0.175. The van der Waals surface area contributed by atoms with Crippen molar-refractivity contribution in [2.75, 3.05) is 13.2 Å². The van der Waals surface area contributed by atoms with Crippen molar-refractivity contribution in [2.45, 2.75) is 33.3 Å². The lowest BCUT2D eigenvalue weighted by atomic mass is 10.1. The van der Waals surface area contributed by atoms with E-state index in [1.807, 2.05) is 45.0 Å². The second-order valence-electron chi connectivity index (χ2n) is 5.91. The van der Waals surface area contributed by atoms with Gasteiger partial charge >= 0.3 is 0 Å². The first kappa shape index (κ1) is 19.1. The van der Waals surface area contributed by atoms with Crippen LogP contribution in [-0.4, -0.2) is 25.2 Å². The summed E-state index contributed by atoms with van der Waals surface area (Å²) >= 11 is 6.07. The Hall–Kier alpha value is -2.20. The van der Waals surface area contributed by atoms with Crippen molar-refractivity contribution in [3.05, 3.63) is 58.6 Å². The van der Waals surface area contributed by atoms with Gasteiger partial charge in [-0.15, -0.1) is 0 Å². The lowest BCUT2D eigenvalue weighted by molar-refractivity contribution is -0.128. The first-order valence-corrected chi connectivity index (χ1v) is 8.77. The summed E-state index contributed by atoms with van der Waals surface area (Å²) in [6.45, 7) is 6.76. The van der Waals surface area contributed by atoms with Gasteiger partial charge in [0, 0.05) is 0 Å². The minimum atomic E-state index is -0.582. The Balaban J connectivity index is 1.81. The Kier molecular flexibility index (Phi) is 7.14. The fourth-order valence-electron chi connectivity index (χ4n) is 2.49. The molecule has 0 bridgehead atoms. The first-order valence-electron chi connectivity index (χ1n) is 8.39. The molecule has 2 aromatic carbocycles. The lowest BCUT2D eigenvalue weighted by Gasteiger charge is -2.18. The van der Waals surface area contributed by atoms with Crippen LogP contribution in [0.3, 0.4) is 0 Å². The van der Waals surface area contributed by atoms with E-state index in [2.05, 4.69) is 11.4 Å². The van der Waals surface area contributed by atoms with Gasteiger partial charge in [0.25, 0.3) is 5.91 Å². The average molecular weight is 362 g/mol. The van der Waals surface area contributed by atoms with E-state index in [-0.39, 0.29) is 5.91 Å². The molecule has 0 unspecified atom stereocenters. The maximum absolute atomic E-state index is 12.3. The van der Waals surface area contributed by atoms with E-state index >= 15 is 0 Å². The Labute approximate surface area is 154 Å². The number of hydrogen-bond acceptors (Lipinski definition) is 3. The van der Waals surface area contributed by atoms with Gasteiger partial charge in [-0.3, -0.25) is 4.79 Å². The highest BCUT2D eigenvalue weighted by molar-refractivity contribution is 6.32. The minimum Gasteiger partial charge on any atom is -0.492 e. The summed E-state index contributed by atoms with van der Waals surface area (Å²) in [5, 5.41) is 3.33. The molecule has 0 fully saturated rings. The normalized spacial score (nSPS) is 11.7. The zero-order valence-corrected chi connectivity index (χ0v) is 15.6. The number of hydrogen-bond donors (Lipinski definition) is 1. The summed E-state index contributed by atoms with van der Waals surface area (Å²) in [5.41, 5.74) is 2.30. The number of benzene rings is 2. The van der Waals surface area contributed by atoms with Crippen molar-refractivity contribution >= 4 is 17.5 Å². The molecule has 1 atom stereocenters. The van der Waals surface area contributed by atoms with Crippen LogP contribution in [0, 0.1) is 13.8 Å². The number of carbonyl (C=O) groups is 1. The van der Waals surface area contributed by atoms with Gasteiger partial charge in [-0.25, -0.2) is 0 Å². The molecule has 0 radical (unpaired) electrons. The van der Waals surface area contributed by atoms with E-state index in [1.54, 1.807) is 12.1 Å². The van der Waals surface area contributed by atoms with E-state index in [0.29, 0.717) is 30.3 Å². The predicted octanol–water partition coefficient (Wildman–Crippen LogP) is 4.31. The second-order valence-corrected chi connectivity index (χ2v) is 6.32. The summed E-state index contributed by atoms with van der Waals surface area (Å²) in [6.07, 6.45) is -0.0317. The summed E-state index contributed by atoms with van der Waals surface area (Å²) in [7, 11) is 0. The first-order chi connectivity index (χ1) is 12.0. The third kappa shape index (κ3) is 5.98. The van der Waals surface area contributed by atoms with Crippen LogP contribution in [0.2, 0.25) is 5.02 Å². The fourth-order valence-corrected chi connectivity index (χ4v) is 2.67. The number of rotatable bonds is 8. The van der Waals surface area contributed by atoms with Gasteiger partial charge in [-0.05, 0) is 55.7 Å². The fraction of sp³-hybridized carbons (Fsp3) is 0.350. The van der Waals surface area contributed by atoms with Gasteiger partial charge in [0.05, 0.1) is 11.6 Å². The molecule has 2 aromatic rings. The van der Waals surface area contributed by atoms with Gasteiger partial charge < -0.3 is 14.8 Å². The van der Waals surface area contributed by atoms with Crippen molar-refractivity contribution in [2.24, 2.45) is 0 Å². The van der Waals surface area contributed by atoms with Crippen molar-refractivity contribution in [3.63, 3.8) is 0 Å².